The van der Waals surface area contributed by atoms with Gasteiger partial charge in [-0.25, -0.2) is 14.2 Å². The van der Waals surface area contributed by atoms with Gasteiger partial charge in [-0.1, -0.05) is 53.3 Å². The van der Waals surface area contributed by atoms with Gasteiger partial charge in [0.2, 0.25) is 0 Å². The number of fused-ring (bicyclic) bond motifs is 1. The van der Waals surface area contributed by atoms with Crippen LogP contribution in [0.15, 0.2) is 81.7 Å². The van der Waals surface area contributed by atoms with Gasteiger partial charge in [-0.15, -0.1) is 0 Å². The van der Waals surface area contributed by atoms with Gasteiger partial charge in [0.25, 0.3) is 5.56 Å². The number of methoxy groups -OCH3 is 1. The van der Waals surface area contributed by atoms with Crippen LogP contribution in [-0.4, -0.2) is 30.4 Å². The standard InChI is InChI=1S/C31H22ClF4IN2O5S/c1-3-43-29(41)24-25(16-8-10-19(32)11-9-16)39-28(40)23(45-30(39)38-27(24)31(34,35)36)13-18-12-20(37)14-22(42-2)26(18)44-15-17-6-4-5-7-21(17)33/h4-14,25H,3,15H2,1-2H3/b23-13-/t25-/m1/s1. The molecule has 7 nitrogen and oxygen atoms in total. The first-order valence-corrected chi connectivity index (χ1v) is 15.5. The van der Waals surface area contributed by atoms with Gasteiger partial charge in [-0.2, -0.15) is 13.2 Å². The van der Waals surface area contributed by atoms with Crippen molar-refractivity contribution in [2.45, 2.75) is 25.7 Å². The minimum Gasteiger partial charge on any atom is -0.493 e. The Morgan fingerprint density at radius 1 is 1.16 bits per heavy atom. The Balaban J connectivity index is 1.74. The predicted molar refractivity (Wildman–Crippen MR) is 169 cm³/mol. The van der Waals surface area contributed by atoms with Crippen molar-refractivity contribution in [2.24, 2.45) is 4.99 Å². The largest absolute Gasteiger partial charge is 0.493 e. The summed E-state index contributed by atoms with van der Waals surface area (Å²) < 4.78 is 75.7. The normalized spacial score (nSPS) is 15.0. The van der Waals surface area contributed by atoms with Crippen molar-refractivity contribution in [1.82, 2.24) is 4.57 Å². The second kappa shape index (κ2) is 13.3. The maximum absolute atomic E-state index is 14.4. The number of ether oxygens (including phenoxy) is 3. The number of aromatic nitrogens is 1. The Bertz CT molecular complexity index is 1990. The van der Waals surface area contributed by atoms with Gasteiger partial charge in [-0.05, 0) is 71.5 Å². The van der Waals surface area contributed by atoms with Crippen LogP contribution >= 0.6 is 45.5 Å². The number of carbonyl (C=O) groups is 1. The van der Waals surface area contributed by atoms with Gasteiger partial charge in [-0.3, -0.25) is 9.36 Å². The fraction of sp³-hybridized carbons (Fsp3) is 0.194. The molecule has 3 aromatic carbocycles. The molecule has 5 rings (SSSR count). The molecule has 0 unspecified atom stereocenters. The number of nitrogens with zero attached hydrogens (tertiary/aromatic N) is 2. The molecule has 1 aliphatic rings. The Hall–Kier alpha value is -3.69. The third-order valence-electron chi connectivity index (χ3n) is 6.67. The van der Waals surface area contributed by atoms with Crippen LogP contribution in [0.3, 0.4) is 0 Å². The smallest absolute Gasteiger partial charge is 0.434 e. The molecule has 0 saturated heterocycles. The van der Waals surface area contributed by atoms with E-state index in [9.17, 15) is 27.2 Å². The van der Waals surface area contributed by atoms with Crippen molar-refractivity contribution in [3.8, 4) is 11.5 Å². The van der Waals surface area contributed by atoms with Crippen molar-refractivity contribution in [3.05, 3.63) is 123 Å². The number of hydrogen-bond donors (Lipinski definition) is 0. The molecule has 1 aromatic heterocycles. The van der Waals surface area contributed by atoms with E-state index in [4.69, 9.17) is 25.8 Å². The fourth-order valence-corrected chi connectivity index (χ4v) is 6.45. The van der Waals surface area contributed by atoms with E-state index in [1.807, 2.05) is 22.6 Å². The highest BCUT2D eigenvalue weighted by molar-refractivity contribution is 14.1. The number of carbonyl (C=O) groups excluding carboxylic acids is 1. The molecule has 0 fully saturated rings. The minimum atomic E-state index is -5.04. The van der Waals surface area contributed by atoms with E-state index in [-0.39, 0.29) is 39.4 Å². The number of halogens is 6. The van der Waals surface area contributed by atoms with Gasteiger partial charge in [0.05, 0.1) is 29.9 Å². The van der Waals surface area contributed by atoms with Crippen LogP contribution in [-0.2, 0) is 16.1 Å². The van der Waals surface area contributed by atoms with Crippen LogP contribution in [0, 0.1) is 9.39 Å². The van der Waals surface area contributed by atoms with Crippen LogP contribution in [0.5, 0.6) is 11.5 Å². The summed E-state index contributed by atoms with van der Waals surface area (Å²) in [4.78, 5) is 30.5. The van der Waals surface area contributed by atoms with Crippen molar-refractivity contribution in [2.75, 3.05) is 13.7 Å². The SMILES string of the molecule is CCOC(=O)C1=C(C(F)(F)F)N=c2s/c(=C\c3cc(I)cc(OC)c3OCc3ccccc3F)c(=O)n2[C@@H]1c1ccc(Cl)cc1. The van der Waals surface area contributed by atoms with Crippen molar-refractivity contribution < 1.29 is 36.6 Å². The average Bonchev–Trinajstić information content (AvgIpc) is 3.30. The van der Waals surface area contributed by atoms with Crippen molar-refractivity contribution in [1.29, 1.82) is 0 Å². The molecule has 1 aliphatic heterocycles. The highest BCUT2D eigenvalue weighted by Gasteiger charge is 2.45. The molecule has 0 spiro atoms. The Kier molecular flexibility index (Phi) is 9.70. The number of thiazole rings is 1. The Morgan fingerprint density at radius 2 is 1.87 bits per heavy atom. The van der Waals surface area contributed by atoms with Gasteiger partial charge >= 0.3 is 12.1 Å². The number of rotatable bonds is 8. The van der Waals surface area contributed by atoms with Crippen molar-refractivity contribution >= 4 is 57.6 Å². The van der Waals surface area contributed by atoms with Crippen LogP contribution in [0.4, 0.5) is 17.6 Å². The van der Waals surface area contributed by atoms with E-state index in [1.54, 1.807) is 30.3 Å². The number of alkyl halides is 3. The summed E-state index contributed by atoms with van der Waals surface area (Å²) >= 11 is 8.78. The van der Waals surface area contributed by atoms with E-state index in [1.165, 1.54) is 50.4 Å². The average molecular weight is 773 g/mol. The lowest BCUT2D eigenvalue weighted by molar-refractivity contribution is -0.140. The lowest BCUT2D eigenvalue weighted by Crippen LogP contribution is -2.41. The molecule has 0 radical (unpaired) electrons. The second-order valence-corrected chi connectivity index (χ2v) is 12.2. The molecule has 2 heterocycles. The molecule has 0 N–H and O–H groups in total. The second-order valence-electron chi connectivity index (χ2n) is 9.52. The number of esters is 1. The molecule has 234 valence electrons. The van der Waals surface area contributed by atoms with Crippen LogP contribution < -0.4 is 24.4 Å². The maximum Gasteiger partial charge on any atom is 0.434 e. The molecule has 45 heavy (non-hydrogen) atoms. The molecule has 0 saturated carbocycles. The van der Waals surface area contributed by atoms with Crippen LogP contribution in [0.1, 0.15) is 29.7 Å². The van der Waals surface area contributed by atoms with Gasteiger partial charge in [0.1, 0.15) is 12.4 Å². The third kappa shape index (κ3) is 6.79. The lowest BCUT2D eigenvalue weighted by Gasteiger charge is -2.26. The van der Waals surface area contributed by atoms with Crippen LogP contribution in [0.2, 0.25) is 5.02 Å². The molecule has 1 atom stereocenters. The molecular weight excluding hydrogens is 751 g/mol. The summed E-state index contributed by atoms with van der Waals surface area (Å²) in [5, 5.41) is 0.305. The highest BCUT2D eigenvalue weighted by Crippen LogP contribution is 2.39. The summed E-state index contributed by atoms with van der Waals surface area (Å²) in [5.41, 5.74) is -2.17. The minimum absolute atomic E-state index is 0.000795. The Labute approximate surface area is 276 Å². The van der Waals surface area contributed by atoms with Gasteiger partial charge < -0.3 is 14.2 Å². The number of benzene rings is 3. The zero-order chi connectivity index (χ0) is 32.5. The predicted octanol–water partition coefficient (Wildman–Crippen LogP) is 6.33. The van der Waals surface area contributed by atoms with Crippen molar-refractivity contribution in [3.63, 3.8) is 0 Å². The lowest BCUT2D eigenvalue weighted by atomic mass is 9.95. The highest BCUT2D eigenvalue weighted by atomic mass is 127. The molecule has 0 bridgehead atoms. The van der Waals surface area contributed by atoms with Crippen LogP contribution in [0.25, 0.3) is 6.08 Å². The molecule has 4 aromatic rings. The topological polar surface area (TPSA) is 79.1 Å². The monoisotopic (exact) mass is 772 g/mol. The van der Waals surface area contributed by atoms with E-state index in [0.717, 1.165) is 4.57 Å². The third-order valence-corrected chi connectivity index (χ3v) is 8.52. The van der Waals surface area contributed by atoms with Gasteiger partial charge in [0, 0.05) is 19.7 Å². The first kappa shape index (κ1) is 32.7. The fourth-order valence-electron chi connectivity index (χ4n) is 4.71. The molecule has 0 amide bonds. The maximum atomic E-state index is 14.4. The van der Waals surface area contributed by atoms with E-state index in [2.05, 4.69) is 4.99 Å². The number of allylic oxidation sites excluding steroid dienone is 1. The van der Waals surface area contributed by atoms with E-state index < -0.39 is 40.8 Å². The first-order valence-electron chi connectivity index (χ1n) is 13.2. The summed E-state index contributed by atoms with van der Waals surface area (Å²) in [6.07, 6.45) is -3.61. The summed E-state index contributed by atoms with van der Waals surface area (Å²) in [7, 11) is 1.42. The zero-order valence-electron chi connectivity index (χ0n) is 23.5. The number of hydrogen-bond acceptors (Lipinski definition) is 7. The quantitative estimate of drug-likeness (QED) is 0.119. The van der Waals surface area contributed by atoms with E-state index >= 15 is 0 Å². The molecule has 14 heteroatoms. The first-order chi connectivity index (χ1) is 21.4. The molecule has 0 aliphatic carbocycles. The summed E-state index contributed by atoms with van der Waals surface area (Å²) in [5.74, 6) is -1.25. The van der Waals surface area contributed by atoms with E-state index in [0.29, 0.717) is 31.2 Å². The zero-order valence-corrected chi connectivity index (χ0v) is 27.2. The Morgan fingerprint density at radius 3 is 2.51 bits per heavy atom. The van der Waals surface area contributed by atoms with Gasteiger partial charge in [0.15, 0.2) is 22.0 Å². The summed E-state index contributed by atoms with van der Waals surface area (Å²) in [6.45, 7) is 1.09. The summed E-state index contributed by atoms with van der Waals surface area (Å²) in [6, 6.07) is 13.7. The molecular formula is C31H22ClF4IN2O5S.